The van der Waals surface area contributed by atoms with E-state index in [0.717, 1.165) is 23.8 Å². The van der Waals surface area contributed by atoms with Gasteiger partial charge in [0.15, 0.2) is 5.82 Å². The Morgan fingerprint density at radius 1 is 1.37 bits per heavy atom. The Kier molecular flexibility index (Phi) is 4.83. The van der Waals surface area contributed by atoms with Gasteiger partial charge in [-0.25, -0.2) is 4.98 Å². The second-order valence-corrected chi connectivity index (χ2v) is 4.46. The average Bonchev–Trinajstić information content (AvgIpc) is 2.77. The largest absolute Gasteiger partial charge is 0.433 e. The van der Waals surface area contributed by atoms with E-state index >= 15 is 0 Å². The van der Waals surface area contributed by atoms with Crippen LogP contribution in [0.2, 0.25) is 0 Å². The number of rotatable bonds is 2. The number of hydrogen-bond acceptors (Lipinski definition) is 5. The lowest BCUT2D eigenvalue weighted by Crippen LogP contribution is -2.07. The van der Waals surface area contributed by atoms with E-state index in [1.54, 1.807) is 6.92 Å². The van der Waals surface area contributed by atoms with Crippen LogP contribution in [0, 0.1) is 0 Å². The minimum absolute atomic E-state index is 0. The van der Waals surface area contributed by atoms with Crippen LogP contribution < -0.4 is 5.73 Å². The highest BCUT2D eigenvalue weighted by Crippen LogP contribution is 2.30. The Morgan fingerprint density at radius 2 is 2.05 bits per heavy atom. The Balaban J connectivity index is 0.00000180. The number of nitrogens with two attached hydrogens (primary N) is 1. The molecule has 104 valence electrons. The van der Waals surface area contributed by atoms with Gasteiger partial charge >= 0.3 is 6.18 Å². The van der Waals surface area contributed by atoms with Gasteiger partial charge in [0.25, 0.3) is 0 Å². The number of hydrogen-bond donors (Lipinski definition) is 1. The van der Waals surface area contributed by atoms with Crippen molar-refractivity contribution in [3.8, 4) is 11.4 Å². The summed E-state index contributed by atoms with van der Waals surface area (Å²) in [5.41, 5.74) is 4.94. The summed E-state index contributed by atoms with van der Waals surface area (Å²) in [5.74, 6) is 0.236. The van der Waals surface area contributed by atoms with Gasteiger partial charge in [-0.05, 0) is 30.6 Å². The lowest BCUT2D eigenvalue weighted by molar-refractivity contribution is -0.141. The molecule has 0 spiro atoms. The SMILES string of the molecule is C[C@H](N)c1nc(-c2ccnc(C(F)(F)F)c2)ns1.Cl. The maximum absolute atomic E-state index is 12.5. The summed E-state index contributed by atoms with van der Waals surface area (Å²) in [6.07, 6.45) is -3.39. The van der Waals surface area contributed by atoms with Crippen molar-refractivity contribution in [2.24, 2.45) is 5.73 Å². The van der Waals surface area contributed by atoms with Crippen LogP contribution >= 0.6 is 23.9 Å². The molecule has 0 bridgehead atoms. The number of pyridine rings is 1. The van der Waals surface area contributed by atoms with E-state index in [-0.39, 0.29) is 29.8 Å². The molecule has 0 saturated heterocycles. The molecule has 0 amide bonds. The van der Waals surface area contributed by atoms with Gasteiger partial charge in [-0.2, -0.15) is 17.5 Å². The van der Waals surface area contributed by atoms with Gasteiger partial charge in [0, 0.05) is 11.8 Å². The third kappa shape index (κ3) is 3.62. The van der Waals surface area contributed by atoms with E-state index in [1.165, 1.54) is 6.07 Å². The summed E-state index contributed by atoms with van der Waals surface area (Å²) in [7, 11) is 0. The molecule has 2 aromatic heterocycles. The molecule has 0 radical (unpaired) electrons. The minimum Gasteiger partial charge on any atom is -0.322 e. The predicted octanol–water partition coefficient (Wildman–Crippen LogP) is 3.06. The molecule has 1 atom stereocenters. The predicted molar refractivity (Wildman–Crippen MR) is 68.0 cm³/mol. The third-order valence-corrected chi connectivity index (χ3v) is 3.05. The van der Waals surface area contributed by atoms with Crippen molar-refractivity contribution >= 4 is 23.9 Å². The summed E-state index contributed by atoms with van der Waals surface area (Å²) in [6, 6.07) is 2.06. The Bertz CT molecular complexity index is 556. The van der Waals surface area contributed by atoms with E-state index in [1.807, 2.05) is 0 Å². The standard InChI is InChI=1S/C10H9F3N4S.ClH/c1-5(14)9-16-8(17-18-9)6-2-3-15-7(4-6)10(11,12)13;/h2-5H,14H2,1H3;1H/t5-;/m0./s1. The normalized spacial score (nSPS) is 12.9. The van der Waals surface area contributed by atoms with Crippen molar-refractivity contribution in [2.75, 3.05) is 0 Å². The molecule has 2 heterocycles. The quantitative estimate of drug-likeness (QED) is 0.926. The second kappa shape index (κ2) is 5.81. The first kappa shape index (κ1) is 15.8. The molecule has 2 aromatic rings. The van der Waals surface area contributed by atoms with E-state index in [0.29, 0.717) is 5.01 Å². The molecule has 2 rings (SSSR count). The van der Waals surface area contributed by atoms with Gasteiger partial charge in [-0.3, -0.25) is 4.98 Å². The van der Waals surface area contributed by atoms with Crippen LogP contribution in [0.15, 0.2) is 18.3 Å². The monoisotopic (exact) mass is 310 g/mol. The van der Waals surface area contributed by atoms with Crippen LogP contribution in [0.3, 0.4) is 0 Å². The van der Waals surface area contributed by atoms with E-state index < -0.39 is 11.9 Å². The number of aromatic nitrogens is 3. The molecule has 0 aromatic carbocycles. The van der Waals surface area contributed by atoms with Gasteiger partial charge < -0.3 is 5.73 Å². The van der Waals surface area contributed by atoms with Gasteiger partial charge in [0.2, 0.25) is 0 Å². The zero-order chi connectivity index (χ0) is 13.3. The molecule has 0 saturated carbocycles. The summed E-state index contributed by atoms with van der Waals surface area (Å²) in [5, 5.41) is 0.579. The van der Waals surface area contributed by atoms with Gasteiger partial charge in [-0.15, -0.1) is 12.4 Å². The van der Waals surface area contributed by atoms with Crippen LogP contribution in [0.5, 0.6) is 0 Å². The highest BCUT2D eigenvalue weighted by Gasteiger charge is 2.32. The fraction of sp³-hybridized carbons (Fsp3) is 0.300. The zero-order valence-electron chi connectivity index (χ0n) is 9.68. The van der Waals surface area contributed by atoms with Crippen molar-refractivity contribution in [3.05, 3.63) is 29.0 Å². The lowest BCUT2D eigenvalue weighted by Gasteiger charge is -2.05. The molecule has 0 aliphatic heterocycles. The first-order chi connectivity index (χ1) is 8.38. The fourth-order valence-electron chi connectivity index (χ4n) is 1.26. The Labute approximate surface area is 117 Å². The van der Waals surface area contributed by atoms with Crippen LogP contribution in [-0.2, 0) is 6.18 Å². The van der Waals surface area contributed by atoms with Gasteiger partial charge in [-0.1, -0.05) is 0 Å². The van der Waals surface area contributed by atoms with Gasteiger partial charge in [0.1, 0.15) is 10.7 Å². The first-order valence-corrected chi connectivity index (χ1v) is 5.78. The Hall–Kier alpha value is -1.25. The fourth-order valence-corrected chi connectivity index (χ4v) is 1.88. The third-order valence-electron chi connectivity index (χ3n) is 2.14. The van der Waals surface area contributed by atoms with Crippen molar-refractivity contribution < 1.29 is 13.2 Å². The van der Waals surface area contributed by atoms with Crippen LogP contribution in [0.1, 0.15) is 23.7 Å². The molecular weight excluding hydrogens is 301 g/mol. The zero-order valence-corrected chi connectivity index (χ0v) is 11.3. The second-order valence-electron chi connectivity index (χ2n) is 3.67. The van der Waals surface area contributed by atoms with Crippen molar-refractivity contribution in [2.45, 2.75) is 19.1 Å². The van der Waals surface area contributed by atoms with Crippen molar-refractivity contribution in [1.82, 2.24) is 14.3 Å². The van der Waals surface area contributed by atoms with Crippen LogP contribution in [0.4, 0.5) is 13.2 Å². The summed E-state index contributed by atoms with van der Waals surface area (Å²) in [4.78, 5) is 7.37. The molecule has 9 heteroatoms. The maximum Gasteiger partial charge on any atom is 0.433 e. The van der Waals surface area contributed by atoms with Crippen LogP contribution in [-0.4, -0.2) is 14.3 Å². The molecule has 0 aliphatic rings. The summed E-state index contributed by atoms with van der Waals surface area (Å²) >= 11 is 1.08. The highest BCUT2D eigenvalue weighted by molar-refractivity contribution is 7.05. The minimum atomic E-state index is -4.48. The van der Waals surface area contributed by atoms with E-state index in [4.69, 9.17) is 5.73 Å². The van der Waals surface area contributed by atoms with E-state index in [9.17, 15) is 13.2 Å². The summed E-state index contributed by atoms with van der Waals surface area (Å²) in [6.45, 7) is 1.73. The molecular formula is C10H10ClF3N4S. The topological polar surface area (TPSA) is 64.7 Å². The number of alkyl halides is 3. The highest BCUT2D eigenvalue weighted by atomic mass is 35.5. The molecule has 2 N–H and O–H groups in total. The smallest absolute Gasteiger partial charge is 0.322 e. The van der Waals surface area contributed by atoms with Crippen molar-refractivity contribution in [3.63, 3.8) is 0 Å². The number of halogens is 4. The van der Waals surface area contributed by atoms with E-state index in [2.05, 4.69) is 14.3 Å². The van der Waals surface area contributed by atoms with Crippen LogP contribution in [0.25, 0.3) is 11.4 Å². The molecule has 19 heavy (non-hydrogen) atoms. The lowest BCUT2D eigenvalue weighted by atomic mass is 10.2. The Morgan fingerprint density at radius 3 is 2.58 bits per heavy atom. The maximum atomic E-state index is 12.5. The first-order valence-electron chi connectivity index (χ1n) is 5.00. The average molecular weight is 311 g/mol. The van der Waals surface area contributed by atoms with Crippen molar-refractivity contribution in [1.29, 1.82) is 0 Å². The number of nitrogens with zero attached hydrogens (tertiary/aromatic N) is 3. The summed E-state index contributed by atoms with van der Waals surface area (Å²) < 4.78 is 41.5. The molecule has 0 aliphatic carbocycles. The van der Waals surface area contributed by atoms with Gasteiger partial charge in [0.05, 0.1) is 6.04 Å². The molecule has 4 nitrogen and oxygen atoms in total. The molecule has 0 fully saturated rings. The molecule has 0 unspecified atom stereocenters.